The molecule has 0 radical (unpaired) electrons. The van der Waals surface area contributed by atoms with E-state index >= 15 is 0 Å². The Morgan fingerprint density at radius 1 is 0.950 bits per heavy atom. The number of carbonyl (C=O) groups is 1. The lowest BCUT2D eigenvalue weighted by Gasteiger charge is -2.07. The number of H-pyrrole nitrogens is 1. The number of rotatable bonds is 0. The minimum absolute atomic E-state index is 0.162. The molecule has 1 aromatic heterocycles. The van der Waals surface area contributed by atoms with Crippen molar-refractivity contribution in [3.8, 4) is 0 Å². The Morgan fingerprint density at radius 3 is 2.50 bits per heavy atom. The lowest BCUT2D eigenvalue weighted by Crippen LogP contribution is -2.10. The molecule has 0 saturated heterocycles. The number of benzene rings is 2. The van der Waals surface area contributed by atoms with Crippen molar-refractivity contribution in [3.05, 3.63) is 53.2 Å². The fourth-order valence-corrected chi connectivity index (χ4v) is 2.66. The van der Waals surface area contributed by atoms with Gasteiger partial charge < -0.3 is 15.6 Å². The summed E-state index contributed by atoms with van der Waals surface area (Å²) >= 11 is 6.05. The second-order valence-electron chi connectivity index (χ2n) is 4.69. The molecule has 0 aliphatic carbocycles. The maximum atomic E-state index is 12.3. The van der Waals surface area contributed by atoms with Crippen LogP contribution in [0.2, 0.25) is 5.02 Å². The molecule has 2 aromatic carbocycles. The van der Waals surface area contributed by atoms with Crippen LogP contribution in [0.5, 0.6) is 0 Å². The Labute approximate surface area is 119 Å². The summed E-state index contributed by atoms with van der Waals surface area (Å²) in [6.45, 7) is 0. The molecule has 2 heterocycles. The van der Waals surface area contributed by atoms with Gasteiger partial charge in [0.15, 0.2) is 0 Å². The van der Waals surface area contributed by atoms with Crippen LogP contribution >= 0.6 is 11.6 Å². The number of aromatic amines is 1. The Morgan fingerprint density at radius 2 is 1.70 bits per heavy atom. The molecule has 0 saturated carbocycles. The molecule has 0 bridgehead atoms. The van der Waals surface area contributed by atoms with Gasteiger partial charge in [0, 0.05) is 15.9 Å². The van der Waals surface area contributed by atoms with Crippen LogP contribution in [-0.4, -0.2) is 10.9 Å². The predicted octanol–water partition coefficient (Wildman–Crippen LogP) is 4.13. The Balaban J connectivity index is 2.01. The number of anilines is 3. The Kier molecular flexibility index (Phi) is 2.28. The van der Waals surface area contributed by atoms with Gasteiger partial charge >= 0.3 is 0 Å². The van der Waals surface area contributed by atoms with Crippen LogP contribution in [0.25, 0.3) is 10.9 Å². The Bertz CT molecular complexity index is 853. The summed E-state index contributed by atoms with van der Waals surface area (Å²) in [6.07, 6.45) is 0. The quantitative estimate of drug-likeness (QED) is 0.581. The number of carbonyl (C=O) groups excluding carboxylic acids is 1. The van der Waals surface area contributed by atoms with E-state index in [4.69, 9.17) is 11.6 Å². The summed E-state index contributed by atoms with van der Waals surface area (Å²) in [4.78, 5) is 15.4. The van der Waals surface area contributed by atoms with Gasteiger partial charge in [-0.15, -0.1) is 0 Å². The van der Waals surface area contributed by atoms with Gasteiger partial charge in [-0.1, -0.05) is 23.7 Å². The molecule has 4 rings (SSSR count). The van der Waals surface area contributed by atoms with Crippen LogP contribution in [0.15, 0.2) is 42.5 Å². The second kappa shape index (κ2) is 4.02. The van der Waals surface area contributed by atoms with Crippen molar-refractivity contribution in [1.29, 1.82) is 0 Å². The molecule has 3 N–H and O–H groups in total. The van der Waals surface area contributed by atoms with Gasteiger partial charge in [-0.3, -0.25) is 4.79 Å². The molecule has 98 valence electrons. The first-order valence-corrected chi connectivity index (χ1v) is 6.59. The van der Waals surface area contributed by atoms with Gasteiger partial charge in [0.2, 0.25) is 0 Å². The third-order valence-corrected chi connectivity index (χ3v) is 3.66. The maximum Gasteiger partial charge on any atom is 0.274 e. The second-order valence-corrected chi connectivity index (χ2v) is 5.13. The average molecular weight is 284 g/mol. The average Bonchev–Trinajstić information content (AvgIpc) is 2.72. The molecule has 1 aliphatic rings. The number of halogens is 1. The van der Waals surface area contributed by atoms with E-state index in [0.717, 1.165) is 28.0 Å². The molecular formula is C15H10ClN3O. The van der Waals surface area contributed by atoms with Crippen LogP contribution < -0.4 is 10.6 Å². The van der Waals surface area contributed by atoms with E-state index in [1.807, 2.05) is 36.4 Å². The van der Waals surface area contributed by atoms with Gasteiger partial charge in [-0.05, 0) is 30.3 Å². The van der Waals surface area contributed by atoms with Crippen molar-refractivity contribution in [3.63, 3.8) is 0 Å². The summed E-state index contributed by atoms with van der Waals surface area (Å²) in [5.74, 6) is -0.162. The fraction of sp³-hybridized carbons (Fsp3) is 0. The zero-order valence-electron chi connectivity index (χ0n) is 10.3. The van der Waals surface area contributed by atoms with Crippen LogP contribution in [0.4, 0.5) is 17.1 Å². The third-order valence-electron chi connectivity index (χ3n) is 3.42. The normalized spacial score (nSPS) is 13.2. The van der Waals surface area contributed by atoms with Crippen molar-refractivity contribution in [2.75, 3.05) is 10.6 Å². The van der Waals surface area contributed by atoms with Gasteiger partial charge in [0.05, 0.1) is 17.1 Å². The molecule has 0 unspecified atom stereocenters. The van der Waals surface area contributed by atoms with Gasteiger partial charge in [-0.2, -0.15) is 0 Å². The molecule has 5 heteroatoms. The predicted molar refractivity (Wildman–Crippen MR) is 81.0 cm³/mol. The van der Waals surface area contributed by atoms with E-state index < -0.39 is 0 Å². The monoisotopic (exact) mass is 283 g/mol. The fourth-order valence-electron chi connectivity index (χ4n) is 2.48. The molecular weight excluding hydrogens is 274 g/mol. The first-order valence-electron chi connectivity index (χ1n) is 6.21. The van der Waals surface area contributed by atoms with Gasteiger partial charge in [0.25, 0.3) is 5.91 Å². The van der Waals surface area contributed by atoms with Crippen LogP contribution in [0.3, 0.4) is 0 Å². The highest BCUT2D eigenvalue weighted by Gasteiger charge is 2.22. The summed E-state index contributed by atoms with van der Waals surface area (Å²) < 4.78 is 0. The highest BCUT2D eigenvalue weighted by molar-refractivity contribution is 6.31. The smallest absolute Gasteiger partial charge is 0.274 e. The molecule has 1 amide bonds. The van der Waals surface area contributed by atoms with Crippen LogP contribution in [0.1, 0.15) is 10.5 Å². The largest absolute Gasteiger partial charge is 0.351 e. The zero-order chi connectivity index (χ0) is 13.7. The third kappa shape index (κ3) is 1.58. The van der Waals surface area contributed by atoms with Crippen molar-refractivity contribution in [1.82, 2.24) is 4.98 Å². The summed E-state index contributed by atoms with van der Waals surface area (Å²) in [5, 5.41) is 7.74. The molecule has 0 fully saturated rings. The first-order chi connectivity index (χ1) is 9.72. The van der Waals surface area contributed by atoms with Crippen molar-refractivity contribution >= 4 is 45.5 Å². The van der Waals surface area contributed by atoms with E-state index in [-0.39, 0.29) is 5.91 Å². The Hall–Kier alpha value is -2.46. The van der Waals surface area contributed by atoms with Crippen LogP contribution in [0, 0.1) is 0 Å². The highest BCUT2D eigenvalue weighted by Crippen LogP contribution is 2.37. The minimum Gasteiger partial charge on any atom is -0.351 e. The van der Waals surface area contributed by atoms with E-state index in [2.05, 4.69) is 15.6 Å². The number of aromatic nitrogens is 1. The number of fused-ring (bicyclic) bond motifs is 4. The topological polar surface area (TPSA) is 56.9 Å². The summed E-state index contributed by atoms with van der Waals surface area (Å²) in [6, 6.07) is 13.1. The van der Waals surface area contributed by atoms with E-state index in [0.29, 0.717) is 10.7 Å². The highest BCUT2D eigenvalue weighted by atomic mass is 35.5. The SMILES string of the molecule is O=C1Nc2ccccc2Nc2c1[nH]c1ccc(Cl)cc21. The van der Waals surface area contributed by atoms with E-state index in [9.17, 15) is 4.79 Å². The molecule has 4 nitrogen and oxygen atoms in total. The number of amides is 1. The number of nitrogens with one attached hydrogen (secondary N) is 3. The standard InChI is InChI=1S/C15H10ClN3O/c16-8-5-6-10-9(7-8)13-14(17-10)15(20)19-12-4-2-1-3-11(12)18-13/h1-7,17-18H,(H,19,20). The van der Waals surface area contributed by atoms with Crippen molar-refractivity contribution < 1.29 is 4.79 Å². The molecule has 0 atom stereocenters. The summed E-state index contributed by atoms with van der Waals surface area (Å²) in [5.41, 5.74) is 3.77. The zero-order valence-corrected chi connectivity index (χ0v) is 11.1. The molecule has 20 heavy (non-hydrogen) atoms. The minimum atomic E-state index is -0.162. The number of para-hydroxylation sites is 2. The van der Waals surface area contributed by atoms with Gasteiger partial charge in [-0.25, -0.2) is 0 Å². The van der Waals surface area contributed by atoms with E-state index in [1.165, 1.54) is 0 Å². The van der Waals surface area contributed by atoms with Crippen molar-refractivity contribution in [2.24, 2.45) is 0 Å². The lowest BCUT2D eigenvalue weighted by atomic mass is 10.2. The first kappa shape index (κ1) is 11.4. The van der Waals surface area contributed by atoms with Crippen LogP contribution in [-0.2, 0) is 0 Å². The van der Waals surface area contributed by atoms with Crippen molar-refractivity contribution in [2.45, 2.75) is 0 Å². The molecule has 0 spiro atoms. The molecule has 1 aliphatic heterocycles. The maximum absolute atomic E-state index is 12.3. The number of hydrogen-bond acceptors (Lipinski definition) is 2. The lowest BCUT2D eigenvalue weighted by molar-refractivity contribution is 0.102. The summed E-state index contributed by atoms with van der Waals surface area (Å²) in [7, 11) is 0. The van der Waals surface area contributed by atoms with E-state index in [1.54, 1.807) is 6.07 Å². The van der Waals surface area contributed by atoms with Gasteiger partial charge in [0.1, 0.15) is 5.69 Å². The number of hydrogen-bond donors (Lipinski definition) is 3. The molecule has 3 aromatic rings.